The molecule has 0 fully saturated rings. The van der Waals surface area contributed by atoms with Gasteiger partial charge >= 0.3 is 0 Å². The molecule has 0 aliphatic heterocycles. The maximum absolute atomic E-state index is 6.01. The van der Waals surface area contributed by atoms with E-state index in [9.17, 15) is 0 Å². The van der Waals surface area contributed by atoms with Crippen LogP contribution in [0, 0.1) is 0 Å². The molecular weight excluding hydrogens is 360 g/mol. The van der Waals surface area contributed by atoms with Gasteiger partial charge in [0.05, 0.1) is 24.2 Å². The number of nitrogens with one attached hydrogen (secondary N) is 1. The number of nitrogens with two attached hydrogens (primary N) is 1. The van der Waals surface area contributed by atoms with E-state index in [1.807, 2.05) is 36.4 Å². The molecule has 0 saturated carbocycles. The van der Waals surface area contributed by atoms with Gasteiger partial charge in [-0.25, -0.2) is 0 Å². The Bertz CT molecular complexity index is 573. The Kier molecular flexibility index (Phi) is 4.14. The van der Waals surface area contributed by atoms with E-state index in [1.165, 1.54) is 0 Å². The Hall–Kier alpha value is -1.20. The van der Waals surface area contributed by atoms with Gasteiger partial charge in [-0.2, -0.15) is 0 Å². The fraction of sp³-hybridized carbons (Fsp3) is 0.0769. The van der Waals surface area contributed by atoms with Crippen molar-refractivity contribution in [3.05, 3.63) is 45.3 Å². The van der Waals surface area contributed by atoms with Gasteiger partial charge in [-0.15, -0.1) is 0 Å². The van der Waals surface area contributed by atoms with E-state index in [0.29, 0.717) is 11.4 Å². The molecule has 0 unspecified atom stereocenters. The number of para-hydroxylation sites is 1. The summed E-state index contributed by atoms with van der Waals surface area (Å²) in [7, 11) is 1.60. The second-order valence-electron chi connectivity index (χ2n) is 3.67. The quantitative estimate of drug-likeness (QED) is 0.778. The molecule has 0 atom stereocenters. The Balaban J connectivity index is 2.34. The fourth-order valence-electron chi connectivity index (χ4n) is 1.57. The minimum Gasteiger partial charge on any atom is -0.495 e. The zero-order chi connectivity index (χ0) is 13.1. The summed E-state index contributed by atoms with van der Waals surface area (Å²) >= 11 is 6.92. The van der Waals surface area contributed by atoms with Gasteiger partial charge in [0.2, 0.25) is 0 Å². The van der Waals surface area contributed by atoms with E-state index >= 15 is 0 Å². The Morgan fingerprint density at radius 1 is 1.11 bits per heavy atom. The highest BCUT2D eigenvalue weighted by atomic mass is 79.9. The maximum atomic E-state index is 6.01. The highest BCUT2D eigenvalue weighted by Gasteiger charge is 2.07. The predicted octanol–water partition coefficient (Wildman–Crippen LogP) is 4.55. The second kappa shape index (κ2) is 5.63. The van der Waals surface area contributed by atoms with Crippen molar-refractivity contribution in [2.45, 2.75) is 0 Å². The third kappa shape index (κ3) is 2.79. The molecule has 0 bridgehead atoms. The van der Waals surface area contributed by atoms with Crippen LogP contribution in [-0.2, 0) is 0 Å². The van der Waals surface area contributed by atoms with Crippen molar-refractivity contribution in [2.24, 2.45) is 0 Å². The van der Waals surface area contributed by atoms with Crippen molar-refractivity contribution in [1.29, 1.82) is 0 Å². The second-order valence-corrected chi connectivity index (χ2v) is 5.44. The molecule has 0 radical (unpaired) electrons. The maximum Gasteiger partial charge on any atom is 0.143 e. The molecule has 2 aromatic rings. The molecule has 0 heterocycles. The molecule has 3 nitrogen and oxygen atoms in total. The van der Waals surface area contributed by atoms with E-state index in [2.05, 4.69) is 37.2 Å². The van der Waals surface area contributed by atoms with Crippen LogP contribution in [0.25, 0.3) is 0 Å². The third-order valence-electron chi connectivity index (χ3n) is 2.49. The number of halogens is 2. The third-order valence-corrected chi connectivity index (χ3v) is 3.64. The van der Waals surface area contributed by atoms with Crippen molar-refractivity contribution < 1.29 is 4.74 Å². The summed E-state index contributed by atoms with van der Waals surface area (Å²) in [5.41, 5.74) is 8.36. The molecule has 0 saturated heterocycles. The molecule has 5 heteroatoms. The van der Waals surface area contributed by atoms with Gasteiger partial charge in [0.1, 0.15) is 5.75 Å². The van der Waals surface area contributed by atoms with Crippen molar-refractivity contribution in [3.8, 4) is 5.75 Å². The van der Waals surface area contributed by atoms with E-state index in [0.717, 1.165) is 20.3 Å². The normalized spacial score (nSPS) is 10.2. The first kappa shape index (κ1) is 13.2. The lowest BCUT2D eigenvalue weighted by Gasteiger charge is -2.13. The highest BCUT2D eigenvalue weighted by Crippen LogP contribution is 2.34. The van der Waals surface area contributed by atoms with Gasteiger partial charge < -0.3 is 15.8 Å². The van der Waals surface area contributed by atoms with Crippen molar-refractivity contribution in [3.63, 3.8) is 0 Å². The van der Waals surface area contributed by atoms with Crippen molar-refractivity contribution in [2.75, 3.05) is 18.2 Å². The lowest BCUT2D eigenvalue weighted by Crippen LogP contribution is -1.99. The highest BCUT2D eigenvalue weighted by molar-refractivity contribution is 9.11. The summed E-state index contributed by atoms with van der Waals surface area (Å²) in [5.74, 6) is 0.660. The summed E-state index contributed by atoms with van der Waals surface area (Å²) < 4.78 is 7.16. The number of hydrogen-bond acceptors (Lipinski definition) is 3. The lowest BCUT2D eigenvalue weighted by molar-refractivity contribution is 0.417. The van der Waals surface area contributed by atoms with Crippen LogP contribution < -0.4 is 15.8 Å². The molecule has 3 N–H and O–H groups in total. The summed E-state index contributed by atoms with van der Waals surface area (Å²) in [4.78, 5) is 0. The molecule has 2 rings (SSSR count). The summed E-state index contributed by atoms with van der Waals surface area (Å²) in [6.07, 6.45) is 0. The minimum absolute atomic E-state index is 0.592. The van der Waals surface area contributed by atoms with E-state index < -0.39 is 0 Å². The number of methoxy groups -OCH3 is 1. The monoisotopic (exact) mass is 370 g/mol. The van der Waals surface area contributed by atoms with Gasteiger partial charge in [0.25, 0.3) is 0 Å². The van der Waals surface area contributed by atoms with Gasteiger partial charge in [-0.1, -0.05) is 22.0 Å². The van der Waals surface area contributed by atoms with Crippen molar-refractivity contribution in [1.82, 2.24) is 0 Å². The van der Waals surface area contributed by atoms with Crippen LogP contribution in [0.3, 0.4) is 0 Å². The number of ether oxygens (including phenoxy) is 1. The molecule has 2 aromatic carbocycles. The zero-order valence-corrected chi connectivity index (χ0v) is 12.9. The van der Waals surface area contributed by atoms with Gasteiger partial charge in [-0.3, -0.25) is 0 Å². The molecule has 0 spiro atoms. The first-order valence-corrected chi connectivity index (χ1v) is 6.85. The Morgan fingerprint density at radius 3 is 2.56 bits per heavy atom. The number of anilines is 3. The molecule has 94 valence electrons. The average molecular weight is 372 g/mol. The van der Waals surface area contributed by atoms with Gasteiger partial charge in [0, 0.05) is 8.95 Å². The van der Waals surface area contributed by atoms with Crippen LogP contribution in [0.2, 0.25) is 0 Å². The number of benzene rings is 2. The average Bonchev–Trinajstić information content (AvgIpc) is 2.35. The van der Waals surface area contributed by atoms with Crippen LogP contribution in [-0.4, -0.2) is 7.11 Å². The number of hydrogen-bond donors (Lipinski definition) is 2. The van der Waals surface area contributed by atoms with Crippen LogP contribution >= 0.6 is 31.9 Å². The molecule has 18 heavy (non-hydrogen) atoms. The minimum atomic E-state index is 0.592. The van der Waals surface area contributed by atoms with E-state index in [-0.39, 0.29) is 0 Å². The topological polar surface area (TPSA) is 47.3 Å². The number of rotatable bonds is 3. The van der Waals surface area contributed by atoms with Crippen LogP contribution in [0.4, 0.5) is 17.1 Å². The summed E-state index contributed by atoms with van der Waals surface area (Å²) in [6, 6.07) is 11.5. The van der Waals surface area contributed by atoms with E-state index in [4.69, 9.17) is 10.5 Å². The SMILES string of the molecule is COc1cccc(Nc2ccc(Br)cc2Br)c1N. The van der Waals surface area contributed by atoms with Crippen LogP contribution in [0.15, 0.2) is 45.3 Å². The van der Waals surface area contributed by atoms with Gasteiger partial charge in [-0.05, 0) is 46.3 Å². The molecule has 0 amide bonds. The molecule has 0 aromatic heterocycles. The Morgan fingerprint density at radius 2 is 1.89 bits per heavy atom. The van der Waals surface area contributed by atoms with Gasteiger partial charge in [0.15, 0.2) is 0 Å². The fourth-order valence-corrected chi connectivity index (χ4v) is 2.71. The first-order valence-electron chi connectivity index (χ1n) is 5.26. The predicted molar refractivity (Wildman–Crippen MR) is 82.5 cm³/mol. The molecular formula is C13H12Br2N2O. The first-order chi connectivity index (χ1) is 8.61. The summed E-state index contributed by atoms with van der Waals surface area (Å²) in [6.45, 7) is 0. The van der Waals surface area contributed by atoms with Crippen LogP contribution in [0.5, 0.6) is 5.75 Å². The molecule has 0 aliphatic rings. The van der Waals surface area contributed by atoms with Crippen molar-refractivity contribution >= 4 is 48.9 Å². The standard InChI is InChI=1S/C13H12Br2N2O/c1-18-12-4-2-3-11(13(12)16)17-10-6-5-8(14)7-9(10)15/h2-7,17H,16H2,1H3. The van der Waals surface area contributed by atoms with E-state index in [1.54, 1.807) is 7.11 Å². The molecule has 0 aliphatic carbocycles. The summed E-state index contributed by atoms with van der Waals surface area (Å²) in [5, 5.41) is 3.27. The number of nitrogen functional groups attached to an aromatic ring is 1. The Labute approximate surface area is 123 Å². The zero-order valence-electron chi connectivity index (χ0n) is 9.71. The smallest absolute Gasteiger partial charge is 0.143 e. The lowest BCUT2D eigenvalue weighted by atomic mass is 10.2. The van der Waals surface area contributed by atoms with Crippen LogP contribution in [0.1, 0.15) is 0 Å². The largest absolute Gasteiger partial charge is 0.495 e.